The number of hydrogen-bond donors (Lipinski definition) is 2. The molecule has 2 heterocycles. The van der Waals surface area contributed by atoms with Gasteiger partial charge in [0.25, 0.3) is 5.91 Å². The fourth-order valence-electron chi connectivity index (χ4n) is 2.78. The molecule has 2 N–H and O–H groups in total. The number of carbonyl (C=O) groups excluding carboxylic acids is 1. The Bertz CT molecular complexity index is 1010. The molecule has 0 saturated heterocycles. The van der Waals surface area contributed by atoms with Crippen LogP contribution in [0.5, 0.6) is 11.5 Å². The molecule has 0 radical (unpaired) electrons. The molecule has 6 nitrogen and oxygen atoms in total. The first kappa shape index (κ1) is 18.3. The van der Waals surface area contributed by atoms with E-state index < -0.39 is 0 Å². The molecule has 144 valence electrons. The summed E-state index contributed by atoms with van der Waals surface area (Å²) < 4.78 is 10.7. The molecule has 3 aromatic rings. The zero-order chi connectivity index (χ0) is 19.7. The summed E-state index contributed by atoms with van der Waals surface area (Å²) in [6, 6.07) is 13.5. The molecule has 0 saturated carbocycles. The number of hydrogen-bond acceptors (Lipinski definition) is 6. The van der Waals surface area contributed by atoms with Crippen molar-refractivity contribution in [3.63, 3.8) is 0 Å². The zero-order valence-electron chi connectivity index (χ0n) is 15.9. The second-order valence-electron chi connectivity index (χ2n) is 7.51. The van der Waals surface area contributed by atoms with Crippen molar-refractivity contribution in [2.24, 2.45) is 0 Å². The van der Waals surface area contributed by atoms with Crippen LogP contribution in [0.3, 0.4) is 0 Å². The average molecular weight is 395 g/mol. The van der Waals surface area contributed by atoms with Crippen LogP contribution in [0.1, 0.15) is 36.8 Å². The summed E-state index contributed by atoms with van der Waals surface area (Å²) in [6.45, 7) is 6.71. The van der Waals surface area contributed by atoms with E-state index in [1.165, 1.54) is 16.9 Å². The number of benzene rings is 2. The number of thiazole rings is 1. The first-order valence-corrected chi connectivity index (χ1v) is 9.80. The second kappa shape index (κ2) is 7.16. The Morgan fingerprint density at radius 1 is 1.04 bits per heavy atom. The Balaban J connectivity index is 1.41. The summed E-state index contributed by atoms with van der Waals surface area (Å²) in [7, 11) is 0. The highest BCUT2D eigenvalue weighted by Gasteiger charge is 2.16. The van der Waals surface area contributed by atoms with Gasteiger partial charge in [-0.15, -0.1) is 11.3 Å². The van der Waals surface area contributed by atoms with Gasteiger partial charge in [0.1, 0.15) is 5.69 Å². The summed E-state index contributed by atoms with van der Waals surface area (Å²) in [5.41, 5.74) is 3.23. The SMILES string of the molecule is CC(C)(C)c1ccc(NC(=O)c2csc(Nc3ccc4c(c3)OCO4)n2)cc1. The van der Waals surface area contributed by atoms with Crippen molar-refractivity contribution < 1.29 is 14.3 Å². The lowest BCUT2D eigenvalue weighted by molar-refractivity contribution is 0.102. The maximum absolute atomic E-state index is 12.5. The molecule has 2 aromatic carbocycles. The van der Waals surface area contributed by atoms with Gasteiger partial charge < -0.3 is 20.1 Å². The number of rotatable bonds is 4. The summed E-state index contributed by atoms with van der Waals surface area (Å²) >= 11 is 1.37. The molecule has 1 aliphatic rings. The van der Waals surface area contributed by atoms with Crippen LogP contribution in [0, 0.1) is 0 Å². The van der Waals surface area contributed by atoms with Gasteiger partial charge >= 0.3 is 0 Å². The van der Waals surface area contributed by atoms with Gasteiger partial charge in [-0.05, 0) is 35.2 Å². The number of carbonyl (C=O) groups is 1. The Kier molecular flexibility index (Phi) is 4.68. The van der Waals surface area contributed by atoms with Crippen molar-refractivity contribution in [2.75, 3.05) is 17.4 Å². The number of fused-ring (bicyclic) bond motifs is 1. The van der Waals surface area contributed by atoms with E-state index in [0.717, 1.165) is 17.1 Å². The molecule has 0 spiro atoms. The molecular formula is C21H21N3O3S. The molecule has 0 fully saturated rings. The van der Waals surface area contributed by atoms with Crippen molar-refractivity contribution in [1.82, 2.24) is 4.98 Å². The topological polar surface area (TPSA) is 72.5 Å². The number of nitrogens with zero attached hydrogens (tertiary/aromatic N) is 1. The smallest absolute Gasteiger partial charge is 0.275 e. The Labute approximate surface area is 167 Å². The molecule has 1 amide bonds. The van der Waals surface area contributed by atoms with Gasteiger partial charge in [-0.3, -0.25) is 4.79 Å². The summed E-state index contributed by atoms with van der Waals surface area (Å²) in [5, 5.41) is 8.44. The lowest BCUT2D eigenvalue weighted by Gasteiger charge is -2.19. The van der Waals surface area contributed by atoms with E-state index in [0.29, 0.717) is 16.6 Å². The maximum Gasteiger partial charge on any atom is 0.275 e. The molecule has 7 heteroatoms. The lowest BCUT2D eigenvalue weighted by atomic mass is 9.87. The Morgan fingerprint density at radius 3 is 2.50 bits per heavy atom. The number of aromatic nitrogens is 1. The first-order valence-electron chi connectivity index (χ1n) is 8.92. The van der Waals surface area contributed by atoms with Crippen molar-refractivity contribution in [3.8, 4) is 11.5 Å². The van der Waals surface area contributed by atoms with Crippen LogP contribution < -0.4 is 20.1 Å². The van der Waals surface area contributed by atoms with Crippen LogP contribution in [-0.2, 0) is 5.41 Å². The molecule has 1 aromatic heterocycles. The second-order valence-corrected chi connectivity index (χ2v) is 8.37. The van der Waals surface area contributed by atoms with Gasteiger partial charge in [0.15, 0.2) is 16.6 Å². The molecule has 1 aliphatic heterocycles. The van der Waals surface area contributed by atoms with Gasteiger partial charge in [0.2, 0.25) is 6.79 Å². The summed E-state index contributed by atoms with van der Waals surface area (Å²) in [5.74, 6) is 1.18. The molecule has 0 atom stereocenters. The zero-order valence-corrected chi connectivity index (χ0v) is 16.7. The number of anilines is 3. The molecule has 28 heavy (non-hydrogen) atoms. The van der Waals surface area contributed by atoms with Crippen LogP contribution in [-0.4, -0.2) is 17.7 Å². The third-order valence-electron chi connectivity index (χ3n) is 4.37. The van der Waals surface area contributed by atoms with Gasteiger partial charge in [-0.2, -0.15) is 0 Å². The highest BCUT2D eigenvalue weighted by molar-refractivity contribution is 7.14. The van der Waals surface area contributed by atoms with Gasteiger partial charge in [-0.25, -0.2) is 4.98 Å². The minimum Gasteiger partial charge on any atom is -0.454 e. The van der Waals surface area contributed by atoms with Crippen LogP contribution >= 0.6 is 11.3 Å². The van der Waals surface area contributed by atoms with E-state index in [1.807, 2.05) is 42.5 Å². The van der Waals surface area contributed by atoms with E-state index in [-0.39, 0.29) is 18.1 Å². The maximum atomic E-state index is 12.5. The van der Waals surface area contributed by atoms with Crippen LogP contribution in [0.15, 0.2) is 47.8 Å². The minimum atomic E-state index is -0.238. The van der Waals surface area contributed by atoms with E-state index >= 15 is 0 Å². The third-order valence-corrected chi connectivity index (χ3v) is 5.13. The quantitative estimate of drug-likeness (QED) is 0.638. The van der Waals surface area contributed by atoms with Crippen LogP contribution in [0.25, 0.3) is 0 Å². The minimum absolute atomic E-state index is 0.0761. The Hall–Kier alpha value is -3.06. The average Bonchev–Trinajstić information content (AvgIpc) is 3.30. The van der Waals surface area contributed by atoms with E-state index in [9.17, 15) is 4.79 Å². The molecular weight excluding hydrogens is 374 g/mol. The number of nitrogens with one attached hydrogen (secondary N) is 2. The van der Waals surface area contributed by atoms with Crippen molar-refractivity contribution >= 4 is 33.8 Å². The van der Waals surface area contributed by atoms with Crippen molar-refractivity contribution in [2.45, 2.75) is 26.2 Å². The van der Waals surface area contributed by atoms with Crippen molar-refractivity contribution in [1.29, 1.82) is 0 Å². The highest BCUT2D eigenvalue weighted by Crippen LogP contribution is 2.35. The Morgan fingerprint density at radius 2 is 1.75 bits per heavy atom. The van der Waals surface area contributed by atoms with E-state index in [4.69, 9.17) is 9.47 Å². The lowest BCUT2D eigenvalue weighted by Crippen LogP contribution is -2.14. The molecule has 0 unspecified atom stereocenters. The normalized spacial score (nSPS) is 12.7. The fourth-order valence-corrected chi connectivity index (χ4v) is 3.49. The highest BCUT2D eigenvalue weighted by atomic mass is 32.1. The van der Waals surface area contributed by atoms with E-state index in [2.05, 4.69) is 36.4 Å². The first-order chi connectivity index (χ1) is 13.4. The third kappa shape index (κ3) is 3.94. The van der Waals surface area contributed by atoms with Gasteiger partial charge in [0, 0.05) is 22.8 Å². The van der Waals surface area contributed by atoms with Crippen LogP contribution in [0.2, 0.25) is 0 Å². The molecule has 0 bridgehead atoms. The van der Waals surface area contributed by atoms with Crippen molar-refractivity contribution in [3.05, 3.63) is 59.1 Å². The van der Waals surface area contributed by atoms with Gasteiger partial charge in [-0.1, -0.05) is 32.9 Å². The monoisotopic (exact) mass is 395 g/mol. The van der Waals surface area contributed by atoms with E-state index in [1.54, 1.807) is 5.38 Å². The molecule has 0 aliphatic carbocycles. The summed E-state index contributed by atoms with van der Waals surface area (Å²) in [4.78, 5) is 16.9. The summed E-state index contributed by atoms with van der Waals surface area (Å²) in [6.07, 6.45) is 0. The largest absolute Gasteiger partial charge is 0.454 e. The predicted molar refractivity (Wildman–Crippen MR) is 111 cm³/mol. The standard InChI is InChI=1S/C21H21N3O3S/c1-21(2,3)13-4-6-14(7-5-13)22-19(25)16-11-28-20(24-16)23-15-8-9-17-18(10-15)27-12-26-17/h4-11H,12H2,1-3H3,(H,22,25)(H,23,24). The number of amides is 1. The van der Waals surface area contributed by atoms with Crippen LogP contribution in [0.4, 0.5) is 16.5 Å². The van der Waals surface area contributed by atoms with Gasteiger partial charge in [0.05, 0.1) is 0 Å². The fraction of sp³-hybridized carbons (Fsp3) is 0.238. The predicted octanol–water partition coefficient (Wildman–Crippen LogP) is 5.17. The number of ether oxygens (including phenoxy) is 2. The molecule has 4 rings (SSSR count).